The topological polar surface area (TPSA) is 77.0 Å². The molecule has 0 saturated carbocycles. The molecular formula is C13H14N4O2S. The molecule has 2 aromatic heterocycles. The van der Waals surface area contributed by atoms with Crippen LogP contribution in [0.15, 0.2) is 24.4 Å². The van der Waals surface area contributed by atoms with Gasteiger partial charge in [-0.25, -0.2) is 4.98 Å². The number of amides is 1. The number of pyridine rings is 1. The van der Waals surface area contributed by atoms with Gasteiger partial charge in [-0.05, 0) is 25.0 Å². The molecule has 1 N–H and O–H groups in total. The molecule has 1 amide bonds. The first-order valence-corrected chi connectivity index (χ1v) is 7.24. The molecule has 3 heterocycles. The molecule has 0 spiro atoms. The smallest absolute Gasteiger partial charge is 0.276 e. The molecule has 0 atom stereocenters. The van der Waals surface area contributed by atoms with Crippen LogP contribution in [0.1, 0.15) is 35.1 Å². The van der Waals surface area contributed by atoms with Crippen LogP contribution in [0.5, 0.6) is 0 Å². The van der Waals surface area contributed by atoms with Gasteiger partial charge in [-0.2, -0.15) is 4.37 Å². The van der Waals surface area contributed by atoms with Crippen LogP contribution < -0.4 is 5.32 Å². The van der Waals surface area contributed by atoms with Crippen molar-refractivity contribution in [2.45, 2.75) is 18.8 Å². The number of nitrogens with zero attached hydrogens (tertiary/aromatic N) is 3. The molecule has 1 aliphatic rings. The second-order valence-electron chi connectivity index (χ2n) is 4.51. The Balaban J connectivity index is 1.66. The first kappa shape index (κ1) is 13.1. The summed E-state index contributed by atoms with van der Waals surface area (Å²) in [4.78, 5) is 20.3. The van der Waals surface area contributed by atoms with Gasteiger partial charge in [0.25, 0.3) is 5.91 Å². The van der Waals surface area contributed by atoms with Crippen LogP contribution in [0.4, 0.5) is 5.13 Å². The number of nitrogens with one attached hydrogen (secondary N) is 1. The number of aromatic nitrogens is 3. The van der Waals surface area contributed by atoms with Crippen LogP contribution in [-0.2, 0) is 4.74 Å². The predicted octanol–water partition coefficient (Wildman–Crippen LogP) is 2.08. The highest BCUT2D eigenvalue weighted by Crippen LogP contribution is 2.27. The Bertz CT molecular complexity index is 581. The summed E-state index contributed by atoms with van der Waals surface area (Å²) in [6.07, 6.45) is 3.46. The zero-order chi connectivity index (χ0) is 13.8. The lowest BCUT2D eigenvalue weighted by molar-refractivity contribution is 0.0838. The monoisotopic (exact) mass is 290 g/mol. The lowest BCUT2D eigenvalue weighted by Crippen LogP contribution is -2.16. The Kier molecular flexibility index (Phi) is 3.98. The number of hydrogen-bond acceptors (Lipinski definition) is 6. The van der Waals surface area contributed by atoms with E-state index in [-0.39, 0.29) is 5.91 Å². The second kappa shape index (κ2) is 6.06. The summed E-state index contributed by atoms with van der Waals surface area (Å²) in [5, 5.41) is 3.25. The molecule has 1 saturated heterocycles. The highest BCUT2D eigenvalue weighted by Gasteiger charge is 2.21. The van der Waals surface area contributed by atoms with E-state index in [4.69, 9.17) is 4.74 Å². The fraction of sp³-hybridized carbons (Fsp3) is 0.385. The molecule has 7 heteroatoms. The Hall–Kier alpha value is -1.86. The van der Waals surface area contributed by atoms with Gasteiger partial charge in [0.15, 0.2) is 0 Å². The normalized spacial score (nSPS) is 16.0. The van der Waals surface area contributed by atoms with Crippen molar-refractivity contribution >= 4 is 22.6 Å². The fourth-order valence-corrected chi connectivity index (χ4v) is 2.71. The van der Waals surface area contributed by atoms with E-state index in [2.05, 4.69) is 19.7 Å². The van der Waals surface area contributed by atoms with E-state index in [1.54, 1.807) is 24.4 Å². The van der Waals surface area contributed by atoms with E-state index < -0.39 is 0 Å². The van der Waals surface area contributed by atoms with Crippen molar-refractivity contribution in [1.82, 2.24) is 14.3 Å². The van der Waals surface area contributed by atoms with E-state index in [0.29, 0.717) is 16.7 Å². The van der Waals surface area contributed by atoms with E-state index in [0.717, 1.165) is 31.9 Å². The molecule has 0 radical (unpaired) electrons. The number of ether oxygens (including phenoxy) is 1. The van der Waals surface area contributed by atoms with Crippen molar-refractivity contribution in [2.24, 2.45) is 0 Å². The highest BCUT2D eigenvalue weighted by molar-refractivity contribution is 7.09. The van der Waals surface area contributed by atoms with Crippen molar-refractivity contribution in [3.05, 3.63) is 35.9 Å². The molecule has 0 aliphatic carbocycles. The minimum Gasteiger partial charge on any atom is -0.381 e. The molecule has 6 nitrogen and oxygen atoms in total. The molecule has 0 aromatic carbocycles. The van der Waals surface area contributed by atoms with Gasteiger partial charge in [-0.1, -0.05) is 6.07 Å². The average Bonchev–Trinajstić information content (AvgIpc) is 2.97. The third-order valence-electron chi connectivity index (χ3n) is 3.15. The van der Waals surface area contributed by atoms with Gasteiger partial charge >= 0.3 is 0 Å². The summed E-state index contributed by atoms with van der Waals surface area (Å²) in [7, 11) is 0. The molecule has 1 fully saturated rings. The maximum atomic E-state index is 11.9. The van der Waals surface area contributed by atoms with Gasteiger partial charge in [0.2, 0.25) is 5.13 Å². The van der Waals surface area contributed by atoms with Crippen LogP contribution in [0.3, 0.4) is 0 Å². The average molecular weight is 290 g/mol. The Morgan fingerprint density at radius 2 is 2.20 bits per heavy atom. The van der Waals surface area contributed by atoms with Gasteiger partial charge in [0, 0.05) is 36.9 Å². The van der Waals surface area contributed by atoms with Crippen LogP contribution >= 0.6 is 11.5 Å². The molecular weight excluding hydrogens is 276 g/mol. The summed E-state index contributed by atoms with van der Waals surface area (Å²) in [6.45, 7) is 1.50. The van der Waals surface area contributed by atoms with Gasteiger partial charge in [0.1, 0.15) is 11.5 Å². The SMILES string of the molecule is O=C(Nc1nc(C2CCOCC2)ns1)c1ccccn1. The number of rotatable bonds is 3. The molecule has 0 unspecified atom stereocenters. The van der Waals surface area contributed by atoms with Crippen LogP contribution in [0.2, 0.25) is 0 Å². The standard InChI is InChI=1S/C13H14N4O2S/c18-12(10-3-1-2-6-14-10)16-13-15-11(17-20-13)9-4-7-19-8-5-9/h1-3,6,9H,4-5,7-8H2,(H,15,16,17,18). The number of carbonyl (C=O) groups excluding carboxylic acids is 1. The summed E-state index contributed by atoms with van der Waals surface area (Å²) in [5.74, 6) is 0.871. The number of hydrogen-bond donors (Lipinski definition) is 1. The Morgan fingerprint density at radius 1 is 1.35 bits per heavy atom. The van der Waals surface area contributed by atoms with E-state index in [1.165, 1.54) is 11.5 Å². The first-order valence-electron chi connectivity index (χ1n) is 6.46. The maximum Gasteiger partial charge on any atom is 0.276 e. The minimum absolute atomic E-state index is 0.264. The summed E-state index contributed by atoms with van der Waals surface area (Å²) < 4.78 is 9.65. The third-order valence-corrected chi connectivity index (χ3v) is 3.79. The quantitative estimate of drug-likeness (QED) is 0.936. The largest absolute Gasteiger partial charge is 0.381 e. The third kappa shape index (κ3) is 3.00. The first-order chi connectivity index (χ1) is 9.83. The van der Waals surface area contributed by atoms with Crippen LogP contribution in [0.25, 0.3) is 0 Å². The molecule has 3 rings (SSSR count). The van der Waals surface area contributed by atoms with Crippen molar-refractivity contribution in [2.75, 3.05) is 18.5 Å². The van der Waals surface area contributed by atoms with E-state index in [9.17, 15) is 4.79 Å². The minimum atomic E-state index is -0.264. The second-order valence-corrected chi connectivity index (χ2v) is 5.27. The van der Waals surface area contributed by atoms with Gasteiger partial charge < -0.3 is 4.74 Å². The summed E-state index contributed by atoms with van der Waals surface area (Å²) in [5.41, 5.74) is 0.371. The fourth-order valence-electron chi connectivity index (χ4n) is 2.07. The zero-order valence-electron chi connectivity index (χ0n) is 10.8. The molecule has 20 heavy (non-hydrogen) atoms. The van der Waals surface area contributed by atoms with E-state index in [1.807, 2.05) is 0 Å². The maximum absolute atomic E-state index is 11.9. The Labute approximate surface area is 120 Å². The summed E-state index contributed by atoms with van der Waals surface area (Å²) in [6, 6.07) is 5.20. The van der Waals surface area contributed by atoms with Crippen molar-refractivity contribution in [3.63, 3.8) is 0 Å². The molecule has 0 bridgehead atoms. The lowest BCUT2D eigenvalue weighted by atomic mass is 10.00. The van der Waals surface area contributed by atoms with Gasteiger partial charge in [-0.3, -0.25) is 15.1 Å². The van der Waals surface area contributed by atoms with Gasteiger partial charge in [-0.15, -0.1) is 0 Å². The molecule has 1 aliphatic heterocycles. The van der Waals surface area contributed by atoms with Crippen molar-refractivity contribution in [3.8, 4) is 0 Å². The van der Waals surface area contributed by atoms with Crippen LogP contribution in [0, 0.1) is 0 Å². The van der Waals surface area contributed by atoms with Crippen molar-refractivity contribution < 1.29 is 9.53 Å². The van der Waals surface area contributed by atoms with Crippen molar-refractivity contribution in [1.29, 1.82) is 0 Å². The van der Waals surface area contributed by atoms with Gasteiger partial charge in [0.05, 0.1) is 0 Å². The number of carbonyl (C=O) groups is 1. The Morgan fingerprint density at radius 3 is 2.95 bits per heavy atom. The summed E-state index contributed by atoms with van der Waals surface area (Å²) >= 11 is 1.20. The highest BCUT2D eigenvalue weighted by atomic mass is 32.1. The van der Waals surface area contributed by atoms with Crippen LogP contribution in [-0.4, -0.2) is 33.5 Å². The molecule has 2 aromatic rings. The zero-order valence-corrected chi connectivity index (χ0v) is 11.6. The molecule has 104 valence electrons. The lowest BCUT2D eigenvalue weighted by Gasteiger charge is -2.18. The predicted molar refractivity (Wildman–Crippen MR) is 74.9 cm³/mol. The van der Waals surface area contributed by atoms with E-state index >= 15 is 0 Å². The number of anilines is 1.